The van der Waals surface area contributed by atoms with E-state index in [2.05, 4.69) is 14.7 Å². The number of esters is 3. The highest BCUT2D eigenvalue weighted by molar-refractivity contribution is 5.91. The molecule has 6 aromatic rings. The monoisotopic (exact) mass is 1350 g/mol. The second kappa shape index (κ2) is 42.3. The average Bonchev–Trinajstić information content (AvgIpc) is 2.22. The van der Waals surface area contributed by atoms with E-state index in [4.69, 9.17) is 86.0 Å². The number of aryl methyl sites for hydroxylation is 4. The van der Waals surface area contributed by atoms with E-state index in [9.17, 15) is 14.4 Å². The zero-order valence-electron chi connectivity index (χ0n) is 58.2. The third-order valence-electron chi connectivity index (χ3n) is 15.9. The topological polar surface area (TPSA) is 238 Å². The van der Waals surface area contributed by atoms with Gasteiger partial charge in [-0.05, 0) is 156 Å². The van der Waals surface area contributed by atoms with Crippen molar-refractivity contribution in [2.45, 2.75) is 47.3 Å². The summed E-state index contributed by atoms with van der Waals surface area (Å²) in [6.45, 7) is 20.9. The van der Waals surface area contributed by atoms with Crippen molar-refractivity contribution in [3.05, 3.63) is 141 Å². The molecule has 0 atom stereocenters. The summed E-state index contributed by atoms with van der Waals surface area (Å²) in [5, 5.41) is 0. The molecule has 3 aromatic heterocycles. The first-order valence-corrected chi connectivity index (χ1v) is 32.8. The Hall–Kier alpha value is -7.56. The fourth-order valence-electron chi connectivity index (χ4n) is 11.0. The van der Waals surface area contributed by atoms with Gasteiger partial charge >= 0.3 is 17.9 Å². The number of aromatic nitrogens is 3. The summed E-state index contributed by atoms with van der Waals surface area (Å²) in [6.07, 6.45) is 0. The second-order valence-electron chi connectivity index (χ2n) is 23.1. The molecule has 4 heterocycles. The number of nitrogens with zero attached hydrogens (tertiary/aromatic N) is 6. The number of pyridine rings is 3. The first-order chi connectivity index (χ1) is 47.2. The van der Waals surface area contributed by atoms with E-state index in [0.29, 0.717) is 212 Å². The average molecular weight is 1350 g/mol. The van der Waals surface area contributed by atoms with Crippen LogP contribution in [0.25, 0.3) is 33.4 Å². The molecule has 7 rings (SSSR count). The Balaban J connectivity index is 1.15. The molecule has 0 amide bonds. The first kappa shape index (κ1) is 76.8. The lowest BCUT2D eigenvalue weighted by molar-refractivity contribution is 0.0179. The van der Waals surface area contributed by atoms with Crippen molar-refractivity contribution < 1.29 is 85.4 Å². The summed E-state index contributed by atoms with van der Waals surface area (Å²) in [5.41, 5.74) is 11.5. The van der Waals surface area contributed by atoms with Crippen LogP contribution in [-0.4, -0.2) is 248 Å². The van der Waals surface area contributed by atoms with Crippen LogP contribution in [0.4, 0.5) is 0 Å². The first-order valence-electron chi connectivity index (χ1n) is 32.8. The van der Waals surface area contributed by atoms with E-state index in [-0.39, 0.29) is 17.1 Å². The molecule has 0 aliphatic carbocycles. The standard InChI is InChI=1S/C73H98N6O18/c1-52-39-62(95-36-33-92-30-27-89-24-21-83-5)11-13-65(52)56-43-59(74-67(46-56)71(80)86-8)49-77-15-16-78(50-60-44-57(47-68(75-60)72(81)87-9)66-14-12-63(40-53(66)2)96-37-34-93-31-28-90-25-22-84-6)18-20-79(19-17-77)51-61-45-58(48-69(76-61)73(82)88-10)70-54(3)41-64(42-55(70)4)97-38-35-94-32-29-91-26-23-85-7/h11-14,39-48H,15-38,49-51H2,1-10H3. The van der Waals surface area contributed by atoms with Gasteiger partial charge < -0.3 is 71.1 Å². The molecule has 97 heavy (non-hydrogen) atoms. The minimum absolute atomic E-state index is 0.178. The predicted molar refractivity (Wildman–Crippen MR) is 365 cm³/mol. The highest BCUT2D eigenvalue weighted by Crippen LogP contribution is 2.34. The summed E-state index contributed by atoms with van der Waals surface area (Å²) >= 11 is 0. The maximum absolute atomic E-state index is 13.5. The van der Waals surface area contributed by atoms with E-state index in [0.717, 1.165) is 55.6 Å². The van der Waals surface area contributed by atoms with Crippen LogP contribution in [0, 0.1) is 27.7 Å². The lowest BCUT2D eigenvalue weighted by Crippen LogP contribution is -2.36. The van der Waals surface area contributed by atoms with Gasteiger partial charge in [0.1, 0.15) is 54.2 Å². The van der Waals surface area contributed by atoms with Gasteiger partial charge in [0.2, 0.25) is 0 Å². The highest BCUT2D eigenvalue weighted by Gasteiger charge is 2.24. The molecule has 0 radical (unpaired) electrons. The van der Waals surface area contributed by atoms with Crippen LogP contribution in [0.15, 0.2) is 84.9 Å². The number of benzene rings is 3. The Morgan fingerprint density at radius 2 is 0.608 bits per heavy atom. The molecule has 1 aliphatic heterocycles. The fourth-order valence-corrected chi connectivity index (χ4v) is 11.0. The molecule has 0 spiro atoms. The molecular formula is C73H98N6O18. The largest absolute Gasteiger partial charge is 0.491 e. The van der Waals surface area contributed by atoms with E-state index >= 15 is 0 Å². The number of methoxy groups -OCH3 is 6. The Labute approximate surface area is 570 Å². The molecule has 0 saturated carbocycles. The van der Waals surface area contributed by atoms with Crippen LogP contribution < -0.4 is 14.2 Å². The Bertz CT molecular complexity index is 3240. The zero-order chi connectivity index (χ0) is 69.2. The number of carbonyl (C=O) groups excluding carboxylic acids is 3. The van der Waals surface area contributed by atoms with Gasteiger partial charge in [-0.25, -0.2) is 29.3 Å². The number of ether oxygens (including phenoxy) is 15. The summed E-state index contributed by atoms with van der Waals surface area (Å²) in [7, 11) is 8.96. The maximum Gasteiger partial charge on any atom is 0.356 e. The van der Waals surface area contributed by atoms with Crippen molar-refractivity contribution in [1.82, 2.24) is 29.7 Å². The van der Waals surface area contributed by atoms with Crippen molar-refractivity contribution in [3.8, 4) is 50.6 Å². The van der Waals surface area contributed by atoms with Crippen molar-refractivity contribution in [2.24, 2.45) is 0 Å². The van der Waals surface area contributed by atoms with Gasteiger partial charge in [0, 0.05) is 80.2 Å². The molecule has 0 bridgehead atoms. The quantitative estimate of drug-likeness (QED) is 0.0198. The van der Waals surface area contributed by atoms with E-state index in [1.54, 1.807) is 39.5 Å². The normalized spacial score (nSPS) is 13.2. The second-order valence-corrected chi connectivity index (χ2v) is 23.1. The van der Waals surface area contributed by atoms with Gasteiger partial charge in [0.25, 0.3) is 0 Å². The van der Waals surface area contributed by atoms with Crippen LogP contribution in [0.3, 0.4) is 0 Å². The molecule has 528 valence electrons. The number of rotatable bonds is 42. The third-order valence-corrected chi connectivity index (χ3v) is 15.9. The molecule has 0 N–H and O–H groups in total. The number of hydrogen-bond acceptors (Lipinski definition) is 24. The lowest BCUT2D eigenvalue weighted by atomic mass is 9.94. The summed E-state index contributed by atoms with van der Waals surface area (Å²) in [6, 6.07) is 27.1. The molecule has 24 heteroatoms. The van der Waals surface area contributed by atoms with Crippen LogP contribution in [0.2, 0.25) is 0 Å². The highest BCUT2D eigenvalue weighted by atomic mass is 16.6. The molecule has 1 saturated heterocycles. The molecule has 0 unspecified atom stereocenters. The summed E-state index contributed by atoms with van der Waals surface area (Å²) in [5.74, 6) is 0.403. The predicted octanol–water partition coefficient (Wildman–Crippen LogP) is 8.46. The van der Waals surface area contributed by atoms with Crippen LogP contribution in [0.5, 0.6) is 17.2 Å². The summed E-state index contributed by atoms with van der Waals surface area (Å²) < 4.78 is 82.8. The van der Waals surface area contributed by atoms with Crippen molar-refractivity contribution in [3.63, 3.8) is 0 Å². The number of carbonyl (C=O) groups is 3. The Kier molecular flexibility index (Phi) is 33.5. The third kappa shape index (κ3) is 25.7. The summed E-state index contributed by atoms with van der Waals surface area (Å²) in [4.78, 5) is 62.1. The molecular weight excluding hydrogens is 1250 g/mol. The molecule has 1 fully saturated rings. The minimum atomic E-state index is -0.558. The van der Waals surface area contributed by atoms with E-state index in [1.807, 2.05) is 94.4 Å². The maximum atomic E-state index is 13.5. The zero-order valence-corrected chi connectivity index (χ0v) is 58.2. The fraction of sp³-hybridized carbons (Fsp3) is 0.507. The van der Waals surface area contributed by atoms with Crippen molar-refractivity contribution in [2.75, 3.05) is 201 Å². The Morgan fingerprint density at radius 3 is 0.918 bits per heavy atom. The smallest absolute Gasteiger partial charge is 0.356 e. The Morgan fingerprint density at radius 1 is 0.330 bits per heavy atom. The van der Waals surface area contributed by atoms with Gasteiger partial charge in [-0.3, -0.25) is 14.7 Å². The molecule has 3 aromatic carbocycles. The van der Waals surface area contributed by atoms with Gasteiger partial charge in [-0.2, -0.15) is 0 Å². The SMILES string of the molecule is COCCOCCOCCOc1ccc(-c2cc(CN3CCN(Cc4cc(-c5ccc(OCCOCCOCCOC)cc5C)cc(C(=O)OC)n4)CCN(Cc4cc(-c5c(C)cc(OCCOCCOCCOC)cc5C)cc(C(=O)OC)n4)CC3)nc(C(=O)OC)c2)c(C)c1. The van der Waals surface area contributed by atoms with Crippen LogP contribution >= 0.6 is 0 Å². The minimum Gasteiger partial charge on any atom is -0.491 e. The lowest BCUT2D eigenvalue weighted by Gasteiger charge is -2.26. The van der Waals surface area contributed by atoms with Gasteiger partial charge in [0.15, 0.2) is 0 Å². The van der Waals surface area contributed by atoms with Gasteiger partial charge in [-0.15, -0.1) is 0 Å². The van der Waals surface area contributed by atoms with Crippen LogP contribution in [0.1, 0.15) is 70.8 Å². The molecule has 24 nitrogen and oxygen atoms in total. The molecule has 1 aliphatic rings. The van der Waals surface area contributed by atoms with Gasteiger partial charge in [0.05, 0.1) is 138 Å². The van der Waals surface area contributed by atoms with Crippen molar-refractivity contribution >= 4 is 17.9 Å². The van der Waals surface area contributed by atoms with E-state index in [1.165, 1.54) is 21.3 Å². The van der Waals surface area contributed by atoms with Crippen LogP contribution in [-0.2, 0) is 76.5 Å². The number of hydrogen-bond donors (Lipinski definition) is 0. The van der Waals surface area contributed by atoms with Crippen molar-refractivity contribution in [1.29, 1.82) is 0 Å². The van der Waals surface area contributed by atoms with Gasteiger partial charge in [-0.1, -0.05) is 12.1 Å². The van der Waals surface area contributed by atoms with E-state index < -0.39 is 17.9 Å².